The minimum Gasteiger partial charge on any atom is -0.381 e. The van der Waals surface area contributed by atoms with Crippen LogP contribution in [0.3, 0.4) is 0 Å². The van der Waals surface area contributed by atoms with E-state index in [9.17, 15) is 4.79 Å². The van der Waals surface area contributed by atoms with Gasteiger partial charge in [-0.3, -0.25) is 4.79 Å². The smallest absolute Gasteiger partial charge is 0.264 e. The van der Waals surface area contributed by atoms with E-state index in [2.05, 4.69) is 20.3 Å². The molecule has 3 heterocycles. The Hall–Kier alpha value is -2.02. The fraction of sp³-hybridized carbons (Fsp3) is 0.500. The molecule has 0 unspecified atom stereocenters. The van der Waals surface area contributed by atoms with Crippen molar-refractivity contribution < 1.29 is 9.26 Å². The van der Waals surface area contributed by atoms with E-state index < -0.39 is 0 Å². The Labute approximate surface area is 109 Å². The van der Waals surface area contributed by atoms with Crippen LogP contribution in [0, 0.1) is 0 Å². The summed E-state index contributed by atoms with van der Waals surface area (Å²) in [6, 6.07) is 3.15. The number of nitrogens with zero attached hydrogens (tertiary/aromatic N) is 3. The Morgan fingerprint density at radius 1 is 1.37 bits per heavy atom. The zero-order valence-electron chi connectivity index (χ0n) is 10.3. The van der Waals surface area contributed by atoms with Crippen molar-refractivity contribution in [2.45, 2.75) is 25.2 Å². The van der Waals surface area contributed by atoms with Crippen LogP contribution < -0.4 is 5.56 Å². The zero-order chi connectivity index (χ0) is 13.1. The number of rotatable bonds is 4. The molecular formula is C12H14N4O3. The van der Waals surface area contributed by atoms with E-state index in [0.717, 1.165) is 24.5 Å². The van der Waals surface area contributed by atoms with Crippen LogP contribution in [0.1, 0.15) is 29.7 Å². The van der Waals surface area contributed by atoms with E-state index in [1.807, 2.05) is 0 Å². The average molecular weight is 262 g/mol. The van der Waals surface area contributed by atoms with E-state index in [0.29, 0.717) is 25.3 Å². The molecule has 19 heavy (non-hydrogen) atoms. The van der Waals surface area contributed by atoms with Crippen LogP contribution in [0.4, 0.5) is 0 Å². The first-order valence-corrected chi connectivity index (χ1v) is 6.26. The van der Waals surface area contributed by atoms with Crippen LogP contribution in [0.25, 0.3) is 0 Å². The standard InChI is InChI=1S/C12H14N4O3/c17-10-3-1-9(14-15-10)2-4-11-13-12(16-19-11)8-5-6-18-7-8/h1,3,8H,2,4-7H2,(H,15,17)/t8-/m0/s1. The van der Waals surface area contributed by atoms with Gasteiger partial charge < -0.3 is 9.26 Å². The summed E-state index contributed by atoms with van der Waals surface area (Å²) in [6.45, 7) is 1.43. The summed E-state index contributed by atoms with van der Waals surface area (Å²) in [4.78, 5) is 15.2. The molecule has 7 heteroatoms. The number of aryl methyl sites for hydroxylation is 2. The van der Waals surface area contributed by atoms with Gasteiger partial charge in [-0.15, -0.1) is 0 Å². The van der Waals surface area contributed by atoms with Gasteiger partial charge in [0.2, 0.25) is 5.89 Å². The fourth-order valence-electron chi connectivity index (χ4n) is 2.02. The minimum atomic E-state index is -0.204. The number of hydrogen-bond acceptors (Lipinski definition) is 6. The van der Waals surface area contributed by atoms with Gasteiger partial charge in [0.1, 0.15) is 0 Å². The second kappa shape index (κ2) is 5.31. The summed E-state index contributed by atoms with van der Waals surface area (Å²) >= 11 is 0. The van der Waals surface area contributed by atoms with E-state index in [-0.39, 0.29) is 11.5 Å². The highest BCUT2D eigenvalue weighted by molar-refractivity contribution is 5.02. The third-order valence-corrected chi connectivity index (χ3v) is 3.11. The van der Waals surface area contributed by atoms with Crippen molar-refractivity contribution in [3.05, 3.63) is 39.9 Å². The molecule has 1 fully saturated rings. The van der Waals surface area contributed by atoms with Crippen LogP contribution in [-0.4, -0.2) is 33.6 Å². The lowest BCUT2D eigenvalue weighted by Crippen LogP contribution is -2.08. The fourth-order valence-corrected chi connectivity index (χ4v) is 2.02. The molecule has 0 aromatic carbocycles. The lowest BCUT2D eigenvalue weighted by Gasteiger charge is -1.97. The molecule has 2 aromatic rings. The van der Waals surface area contributed by atoms with Crippen molar-refractivity contribution in [3.8, 4) is 0 Å². The zero-order valence-corrected chi connectivity index (χ0v) is 10.3. The largest absolute Gasteiger partial charge is 0.381 e. The lowest BCUT2D eigenvalue weighted by atomic mass is 10.1. The lowest BCUT2D eigenvalue weighted by molar-refractivity contribution is 0.192. The highest BCUT2D eigenvalue weighted by Gasteiger charge is 2.22. The Kier molecular flexibility index (Phi) is 3.37. The summed E-state index contributed by atoms with van der Waals surface area (Å²) in [5.74, 6) is 1.57. The van der Waals surface area contributed by atoms with Gasteiger partial charge in [0.15, 0.2) is 5.82 Å². The van der Waals surface area contributed by atoms with Crippen molar-refractivity contribution in [1.29, 1.82) is 0 Å². The molecular weight excluding hydrogens is 248 g/mol. The first kappa shape index (κ1) is 12.0. The predicted molar refractivity (Wildman–Crippen MR) is 64.7 cm³/mol. The van der Waals surface area contributed by atoms with Crippen LogP contribution in [0.2, 0.25) is 0 Å². The number of H-pyrrole nitrogens is 1. The first-order chi connectivity index (χ1) is 9.31. The summed E-state index contributed by atoms with van der Waals surface area (Å²) in [7, 11) is 0. The molecule has 0 saturated carbocycles. The SMILES string of the molecule is O=c1ccc(CCc2nc([C@H]3CCOC3)no2)n[nH]1. The molecule has 0 spiro atoms. The number of aromatic nitrogens is 4. The highest BCUT2D eigenvalue weighted by Crippen LogP contribution is 2.22. The van der Waals surface area contributed by atoms with E-state index in [1.165, 1.54) is 6.07 Å². The quantitative estimate of drug-likeness (QED) is 0.859. The molecule has 1 atom stereocenters. The van der Waals surface area contributed by atoms with Gasteiger partial charge in [0.25, 0.3) is 5.56 Å². The van der Waals surface area contributed by atoms with Crippen LogP contribution in [0.5, 0.6) is 0 Å². The Morgan fingerprint density at radius 3 is 3.05 bits per heavy atom. The number of aromatic amines is 1. The van der Waals surface area contributed by atoms with Gasteiger partial charge in [-0.2, -0.15) is 10.1 Å². The van der Waals surface area contributed by atoms with E-state index in [1.54, 1.807) is 6.07 Å². The number of nitrogens with one attached hydrogen (secondary N) is 1. The second-order valence-corrected chi connectivity index (χ2v) is 4.52. The van der Waals surface area contributed by atoms with Crippen molar-refractivity contribution in [2.24, 2.45) is 0 Å². The maximum Gasteiger partial charge on any atom is 0.264 e. The molecule has 1 N–H and O–H groups in total. The van der Waals surface area contributed by atoms with Crippen LogP contribution in [0.15, 0.2) is 21.5 Å². The van der Waals surface area contributed by atoms with Crippen molar-refractivity contribution >= 4 is 0 Å². The Bertz CT molecular complexity index is 581. The van der Waals surface area contributed by atoms with E-state index in [4.69, 9.17) is 9.26 Å². The second-order valence-electron chi connectivity index (χ2n) is 4.52. The van der Waals surface area contributed by atoms with Crippen LogP contribution >= 0.6 is 0 Å². The normalized spacial score (nSPS) is 18.8. The third kappa shape index (κ3) is 2.87. The summed E-state index contributed by atoms with van der Waals surface area (Å²) in [5, 5.41) is 10.3. The molecule has 7 nitrogen and oxygen atoms in total. The highest BCUT2D eigenvalue weighted by atomic mass is 16.5. The molecule has 3 rings (SSSR count). The maximum atomic E-state index is 10.9. The topological polar surface area (TPSA) is 93.9 Å². The summed E-state index contributed by atoms with van der Waals surface area (Å²) in [5.41, 5.74) is 0.591. The summed E-state index contributed by atoms with van der Waals surface area (Å²) in [6.07, 6.45) is 2.21. The molecule has 2 aromatic heterocycles. The van der Waals surface area contributed by atoms with Gasteiger partial charge in [0, 0.05) is 31.4 Å². The van der Waals surface area contributed by atoms with Gasteiger partial charge >= 0.3 is 0 Å². The Morgan fingerprint density at radius 2 is 2.32 bits per heavy atom. The molecule has 1 saturated heterocycles. The minimum absolute atomic E-state index is 0.204. The third-order valence-electron chi connectivity index (χ3n) is 3.11. The molecule has 0 aliphatic carbocycles. The predicted octanol–water partition coefficient (Wildman–Crippen LogP) is 0.442. The number of ether oxygens (including phenoxy) is 1. The monoisotopic (exact) mass is 262 g/mol. The molecule has 0 amide bonds. The van der Waals surface area contributed by atoms with Gasteiger partial charge in [-0.1, -0.05) is 5.16 Å². The molecule has 1 aliphatic heterocycles. The molecule has 0 radical (unpaired) electrons. The van der Waals surface area contributed by atoms with Crippen molar-refractivity contribution in [2.75, 3.05) is 13.2 Å². The summed E-state index contributed by atoms with van der Waals surface area (Å²) < 4.78 is 10.5. The van der Waals surface area contributed by atoms with Crippen LogP contribution in [-0.2, 0) is 17.6 Å². The maximum absolute atomic E-state index is 10.9. The Balaban J connectivity index is 1.60. The van der Waals surface area contributed by atoms with E-state index >= 15 is 0 Å². The van der Waals surface area contributed by atoms with Gasteiger partial charge in [-0.05, 0) is 12.5 Å². The van der Waals surface area contributed by atoms with Crippen molar-refractivity contribution in [1.82, 2.24) is 20.3 Å². The molecule has 1 aliphatic rings. The first-order valence-electron chi connectivity index (χ1n) is 6.26. The van der Waals surface area contributed by atoms with Crippen molar-refractivity contribution in [3.63, 3.8) is 0 Å². The van der Waals surface area contributed by atoms with Gasteiger partial charge in [-0.25, -0.2) is 5.10 Å². The van der Waals surface area contributed by atoms with Gasteiger partial charge in [0.05, 0.1) is 12.3 Å². The number of hydrogen-bond donors (Lipinski definition) is 1. The molecule has 100 valence electrons. The average Bonchev–Trinajstić information content (AvgIpc) is 3.09. The molecule has 0 bridgehead atoms.